The highest BCUT2D eigenvalue weighted by Crippen LogP contribution is 2.27. The fourth-order valence-corrected chi connectivity index (χ4v) is 3.22. The van der Waals surface area contributed by atoms with Crippen LogP contribution in [0, 0.1) is 5.92 Å². The first kappa shape index (κ1) is 18.9. The summed E-state index contributed by atoms with van der Waals surface area (Å²) in [5, 5.41) is 12.2. The molecule has 0 aliphatic heterocycles. The van der Waals surface area contributed by atoms with Gasteiger partial charge in [0, 0.05) is 17.7 Å². The summed E-state index contributed by atoms with van der Waals surface area (Å²) in [6.07, 6.45) is 0. The predicted octanol–water partition coefficient (Wildman–Crippen LogP) is 2.03. The lowest BCUT2D eigenvalue weighted by molar-refractivity contribution is -0.123. The minimum atomic E-state index is -3.87. The van der Waals surface area contributed by atoms with Crippen molar-refractivity contribution < 1.29 is 18.3 Å². The maximum atomic E-state index is 12.7. The van der Waals surface area contributed by atoms with E-state index in [9.17, 15) is 13.2 Å². The molecule has 124 valence electrons. The third-order valence-electron chi connectivity index (χ3n) is 3.84. The summed E-state index contributed by atoms with van der Waals surface area (Å²) in [6, 6.07) is 5.37. The number of halogens is 1. The molecule has 1 rings (SSSR count). The number of carbonyl (C=O) groups excluding carboxylic acids is 1. The number of rotatable bonds is 6. The molecule has 1 amide bonds. The van der Waals surface area contributed by atoms with E-state index in [0.717, 1.165) is 0 Å². The molecule has 2 N–H and O–H groups in total. The van der Waals surface area contributed by atoms with E-state index in [1.165, 1.54) is 38.1 Å². The van der Waals surface area contributed by atoms with Crippen LogP contribution in [0.25, 0.3) is 0 Å². The summed E-state index contributed by atoms with van der Waals surface area (Å²) in [4.78, 5) is 12.4. The Morgan fingerprint density at radius 1 is 1.27 bits per heavy atom. The number of sulfone groups is 1. The topological polar surface area (TPSA) is 83.5 Å². The maximum Gasteiger partial charge on any atom is 0.241 e. The van der Waals surface area contributed by atoms with Gasteiger partial charge in [0.15, 0.2) is 9.84 Å². The van der Waals surface area contributed by atoms with E-state index < -0.39 is 20.5 Å². The van der Waals surface area contributed by atoms with Crippen molar-refractivity contribution in [2.24, 2.45) is 5.92 Å². The minimum Gasteiger partial charge on any atom is -0.396 e. The van der Waals surface area contributed by atoms with E-state index in [2.05, 4.69) is 5.32 Å². The zero-order valence-electron chi connectivity index (χ0n) is 13.1. The van der Waals surface area contributed by atoms with Crippen molar-refractivity contribution in [1.29, 1.82) is 0 Å². The lowest BCUT2D eigenvalue weighted by Gasteiger charge is -2.27. The molecule has 0 aromatic heterocycles. The maximum absolute atomic E-state index is 12.7. The highest BCUT2D eigenvalue weighted by atomic mass is 35.5. The number of aliphatic hydroxyl groups is 1. The van der Waals surface area contributed by atoms with Gasteiger partial charge in [-0.3, -0.25) is 4.79 Å². The molecular formula is C15H22ClNO4S. The standard InChI is InChI=1S/C15H22ClNO4S/c1-10(9-18)11(2)17-14(19)15(3,4)22(20,21)13-7-5-12(16)6-8-13/h5-8,10-11,18H,9H2,1-4H3,(H,17,19)/t10-,11-/m0/s1. The molecule has 0 heterocycles. The normalized spacial score (nSPS) is 15.2. The molecule has 0 radical (unpaired) electrons. The Hall–Kier alpha value is -1.11. The molecule has 0 spiro atoms. The highest BCUT2D eigenvalue weighted by molar-refractivity contribution is 7.93. The quantitative estimate of drug-likeness (QED) is 0.824. The first-order valence-corrected chi connectivity index (χ1v) is 8.82. The molecule has 2 atom stereocenters. The lowest BCUT2D eigenvalue weighted by atomic mass is 10.0. The van der Waals surface area contributed by atoms with Gasteiger partial charge >= 0.3 is 0 Å². The molecule has 7 heteroatoms. The second-order valence-corrected chi connectivity index (χ2v) is 8.82. The van der Waals surface area contributed by atoms with Crippen LogP contribution in [-0.2, 0) is 14.6 Å². The molecule has 0 saturated heterocycles. The SMILES string of the molecule is C[C@H](NC(=O)C(C)(C)S(=O)(=O)c1ccc(Cl)cc1)[C@@H](C)CO. The summed E-state index contributed by atoms with van der Waals surface area (Å²) in [5.41, 5.74) is 0. The van der Waals surface area contributed by atoms with Gasteiger partial charge in [-0.25, -0.2) is 8.42 Å². The van der Waals surface area contributed by atoms with Gasteiger partial charge in [-0.1, -0.05) is 18.5 Å². The van der Waals surface area contributed by atoms with Crippen molar-refractivity contribution in [3.05, 3.63) is 29.3 Å². The average molecular weight is 348 g/mol. The van der Waals surface area contributed by atoms with Crippen LogP contribution in [0.3, 0.4) is 0 Å². The van der Waals surface area contributed by atoms with E-state index in [1.807, 2.05) is 0 Å². The third-order valence-corrected chi connectivity index (χ3v) is 6.52. The number of amides is 1. The summed E-state index contributed by atoms with van der Waals surface area (Å²) >= 11 is 5.76. The zero-order chi connectivity index (χ0) is 17.1. The van der Waals surface area contributed by atoms with Gasteiger partial charge in [0.1, 0.15) is 4.75 Å². The van der Waals surface area contributed by atoms with Crippen LogP contribution in [0.1, 0.15) is 27.7 Å². The van der Waals surface area contributed by atoms with Crippen LogP contribution in [0.4, 0.5) is 0 Å². The molecule has 1 aromatic rings. The number of aliphatic hydroxyl groups excluding tert-OH is 1. The summed E-state index contributed by atoms with van der Waals surface area (Å²) in [6.45, 7) is 6.13. The first-order chi connectivity index (χ1) is 10.0. The zero-order valence-corrected chi connectivity index (χ0v) is 14.7. The van der Waals surface area contributed by atoms with Gasteiger partial charge < -0.3 is 10.4 Å². The summed E-state index contributed by atoms with van der Waals surface area (Å²) in [5.74, 6) is -0.770. The van der Waals surface area contributed by atoms with Crippen molar-refractivity contribution in [2.45, 2.75) is 43.4 Å². The van der Waals surface area contributed by atoms with Crippen LogP contribution in [0.15, 0.2) is 29.2 Å². The van der Waals surface area contributed by atoms with Crippen molar-refractivity contribution in [1.82, 2.24) is 5.32 Å². The molecule has 0 bridgehead atoms. The largest absolute Gasteiger partial charge is 0.396 e. The Morgan fingerprint density at radius 2 is 1.77 bits per heavy atom. The Kier molecular flexibility index (Phi) is 6.01. The highest BCUT2D eigenvalue weighted by Gasteiger charge is 2.43. The van der Waals surface area contributed by atoms with E-state index in [0.29, 0.717) is 5.02 Å². The van der Waals surface area contributed by atoms with Crippen LogP contribution < -0.4 is 5.32 Å². The monoisotopic (exact) mass is 347 g/mol. The first-order valence-electron chi connectivity index (χ1n) is 6.96. The fraction of sp³-hybridized carbons (Fsp3) is 0.533. The van der Waals surface area contributed by atoms with Crippen molar-refractivity contribution in [3.63, 3.8) is 0 Å². The molecule has 5 nitrogen and oxygen atoms in total. The number of carbonyl (C=O) groups is 1. The molecule has 0 unspecified atom stereocenters. The Morgan fingerprint density at radius 3 is 2.23 bits per heavy atom. The van der Waals surface area contributed by atoms with Crippen molar-refractivity contribution in [3.8, 4) is 0 Å². The molecule has 0 saturated carbocycles. The van der Waals surface area contributed by atoms with Crippen LogP contribution in [0.2, 0.25) is 5.02 Å². The van der Waals surface area contributed by atoms with Crippen LogP contribution >= 0.6 is 11.6 Å². The Labute approximate surface area is 136 Å². The van der Waals surface area contributed by atoms with Crippen molar-refractivity contribution in [2.75, 3.05) is 6.61 Å². The summed E-state index contributed by atoms with van der Waals surface area (Å²) in [7, 11) is -3.87. The van der Waals surface area contributed by atoms with Gasteiger partial charge in [-0.2, -0.15) is 0 Å². The molecule has 0 fully saturated rings. The van der Waals surface area contributed by atoms with Gasteiger partial charge in [0.05, 0.1) is 4.90 Å². The molecule has 22 heavy (non-hydrogen) atoms. The fourth-order valence-electron chi connectivity index (χ4n) is 1.71. The van der Waals surface area contributed by atoms with Gasteiger partial charge in [0.25, 0.3) is 0 Å². The number of nitrogens with one attached hydrogen (secondary N) is 1. The van der Waals surface area contributed by atoms with E-state index in [4.69, 9.17) is 16.7 Å². The van der Waals surface area contributed by atoms with Gasteiger partial charge in [-0.05, 0) is 51.0 Å². The van der Waals surface area contributed by atoms with E-state index in [-0.39, 0.29) is 23.5 Å². The second kappa shape index (κ2) is 6.98. The van der Waals surface area contributed by atoms with Gasteiger partial charge in [0.2, 0.25) is 5.91 Å². The molecule has 0 aliphatic rings. The second-order valence-electron chi connectivity index (χ2n) is 5.89. The Bertz CT molecular complexity index is 625. The van der Waals surface area contributed by atoms with E-state index in [1.54, 1.807) is 13.8 Å². The molecule has 0 aliphatic carbocycles. The smallest absolute Gasteiger partial charge is 0.241 e. The number of hydrogen-bond acceptors (Lipinski definition) is 4. The molecular weight excluding hydrogens is 326 g/mol. The van der Waals surface area contributed by atoms with Crippen LogP contribution in [0.5, 0.6) is 0 Å². The number of benzene rings is 1. The molecule has 1 aromatic carbocycles. The van der Waals surface area contributed by atoms with Crippen molar-refractivity contribution >= 4 is 27.3 Å². The van der Waals surface area contributed by atoms with Gasteiger partial charge in [-0.15, -0.1) is 0 Å². The third kappa shape index (κ3) is 3.80. The predicted molar refractivity (Wildman–Crippen MR) is 86.6 cm³/mol. The lowest BCUT2D eigenvalue weighted by Crippen LogP contribution is -2.52. The minimum absolute atomic E-state index is 0.0416. The Balaban J connectivity index is 3.06. The number of hydrogen-bond donors (Lipinski definition) is 2. The van der Waals surface area contributed by atoms with E-state index >= 15 is 0 Å². The average Bonchev–Trinajstić information content (AvgIpc) is 2.46. The van der Waals surface area contributed by atoms with Crippen LogP contribution in [-0.4, -0.2) is 36.8 Å². The summed E-state index contributed by atoms with van der Waals surface area (Å²) < 4.78 is 23.7.